The number of ether oxygens (including phenoxy) is 1. The largest absolute Gasteiger partial charge is 0.373 e. The predicted molar refractivity (Wildman–Crippen MR) is 72.3 cm³/mol. The summed E-state index contributed by atoms with van der Waals surface area (Å²) in [5.41, 5.74) is 0.0304. The van der Waals surface area contributed by atoms with Gasteiger partial charge in [-0.25, -0.2) is 0 Å². The average Bonchev–Trinajstić information content (AvgIpc) is 2.29. The maximum absolute atomic E-state index is 6.10. The van der Waals surface area contributed by atoms with Crippen molar-refractivity contribution < 1.29 is 4.74 Å². The zero-order valence-electron chi connectivity index (χ0n) is 11.9. The van der Waals surface area contributed by atoms with Crippen molar-refractivity contribution in [2.45, 2.75) is 83.5 Å². The van der Waals surface area contributed by atoms with Gasteiger partial charge in [0.05, 0.1) is 11.7 Å². The molecule has 100 valence electrons. The lowest BCUT2D eigenvalue weighted by Gasteiger charge is -2.40. The Kier molecular flexibility index (Phi) is 4.48. The molecule has 0 unspecified atom stereocenters. The fourth-order valence-corrected chi connectivity index (χ4v) is 3.31. The molecule has 0 atom stereocenters. The number of hydrogen-bond donors (Lipinski definition) is 0. The van der Waals surface area contributed by atoms with Crippen molar-refractivity contribution in [2.24, 2.45) is 0 Å². The molecule has 2 rings (SSSR count). The van der Waals surface area contributed by atoms with Crippen LogP contribution in [0.2, 0.25) is 0 Å². The summed E-state index contributed by atoms with van der Waals surface area (Å²) in [6.45, 7) is 9.20. The Balaban J connectivity index is 1.73. The predicted octanol–water partition coefficient (Wildman–Crippen LogP) is 3.60. The van der Waals surface area contributed by atoms with Crippen molar-refractivity contribution in [2.75, 3.05) is 13.1 Å². The summed E-state index contributed by atoms with van der Waals surface area (Å²) < 4.78 is 6.10. The number of rotatable bonds is 2. The fourth-order valence-electron chi connectivity index (χ4n) is 3.31. The van der Waals surface area contributed by atoms with Crippen LogP contribution in [0.1, 0.15) is 65.7 Å². The van der Waals surface area contributed by atoms with E-state index in [0.29, 0.717) is 6.10 Å². The number of nitrogens with zero attached hydrogens (tertiary/aromatic N) is 1. The molecular weight excluding hydrogens is 210 g/mol. The van der Waals surface area contributed by atoms with E-state index in [1.54, 1.807) is 0 Å². The lowest BCUT2D eigenvalue weighted by atomic mass is 9.90. The summed E-state index contributed by atoms with van der Waals surface area (Å²) >= 11 is 0. The first-order valence-electron chi connectivity index (χ1n) is 7.46. The van der Waals surface area contributed by atoms with Crippen molar-refractivity contribution in [3.8, 4) is 0 Å². The second kappa shape index (κ2) is 5.71. The van der Waals surface area contributed by atoms with Gasteiger partial charge in [0.15, 0.2) is 0 Å². The Labute approximate surface area is 107 Å². The van der Waals surface area contributed by atoms with Crippen LogP contribution in [-0.4, -0.2) is 35.7 Å². The van der Waals surface area contributed by atoms with E-state index in [9.17, 15) is 0 Å². The molecule has 0 radical (unpaired) electrons. The van der Waals surface area contributed by atoms with Crippen LogP contribution in [0.5, 0.6) is 0 Å². The molecule has 17 heavy (non-hydrogen) atoms. The Morgan fingerprint density at radius 2 is 1.47 bits per heavy atom. The van der Waals surface area contributed by atoms with E-state index in [1.807, 2.05) is 0 Å². The van der Waals surface area contributed by atoms with E-state index in [-0.39, 0.29) is 5.60 Å². The highest BCUT2D eigenvalue weighted by atomic mass is 16.5. The van der Waals surface area contributed by atoms with Gasteiger partial charge in [0.2, 0.25) is 0 Å². The van der Waals surface area contributed by atoms with Gasteiger partial charge in [0.25, 0.3) is 0 Å². The molecule has 0 amide bonds. The van der Waals surface area contributed by atoms with Gasteiger partial charge >= 0.3 is 0 Å². The van der Waals surface area contributed by atoms with Gasteiger partial charge in [-0.05, 0) is 72.4 Å². The van der Waals surface area contributed by atoms with E-state index in [4.69, 9.17) is 4.74 Å². The van der Waals surface area contributed by atoms with Crippen molar-refractivity contribution in [3.05, 3.63) is 0 Å². The molecule has 0 spiro atoms. The molecule has 1 aliphatic heterocycles. The van der Waals surface area contributed by atoms with Crippen LogP contribution in [0.4, 0.5) is 0 Å². The van der Waals surface area contributed by atoms with Crippen LogP contribution in [0.15, 0.2) is 0 Å². The Morgan fingerprint density at radius 1 is 0.882 bits per heavy atom. The first-order valence-corrected chi connectivity index (χ1v) is 7.46. The van der Waals surface area contributed by atoms with Gasteiger partial charge < -0.3 is 9.64 Å². The van der Waals surface area contributed by atoms with E-state index in [0.717, 1.165) is 6.04 Å². The van der Waals surface area contributed by atoms with Crippen LogP contribution in [0.25, 0.3) is 0 Å². The van der Waals surface area contributed by atoms with E-state index >= 15 is 0 Å². The third-order valence-corrected chi connectivity index (χ3v) is 4.07. The topological polar surface area (TPSA) is 12.5 Å². The van der Waals surface area contributed by atoms with Crippen molar-refractivity contribution >= 4 is 0 Å². The average molecular weight is 239 g/mol. The molecule has 1 saturated carbocycles. The summed E-state index contributed by atoms with van der Waals surface area (Å²) in [6.07, 6.45) is 10.0. The minimum atomic E-state index is 0.0304. The van der Waals surface area contributed by atoms with Gasteiger partial charge in [-0.1, -0.05) is 6.42 Å². The molecule has 2 aliphatic rings. The maximum Gasteiger partial charge on any atom is 0.0602 e. The Morgan fingerprint density at radius 3 is 2.00 bits per heavy atom. The van der Waals surface area contributed by atoms with Crippen LogP contribution in [-0.2, 0) is 4.74 Å². The molecule has 0 aromatic heterocycles. The monoisotopic (exact) mass is 239 g/mol. The standard InChI is InChI=1S/C15H29NO/c1-15(2,3)17-14-9-7-13(8-10-14)16-11-5-4-6-12-16/h13-14H,4-12H2,1-3H3/t13-,14-. The molecule has 2 fully saturated rings. The molecule has 1 saturated heterocycles. The molecule has 0 aromatic carbocycles. The molecule has 1 aliphatic carbocycles. The summed E-state index contributed by atoms with van der Waals surface area (Å²) in [4.78, 5) is 2.73. The molecule has 0 bridgehead atoms. The van der Waals surface area contributed by atoms with E-state index in [2.05, 4.69) is 25.7 Å². The molecule has 2 heteroatoms. The molecule has 1 heterocycles. The highest BCUT2D eigenvalue weighted by molar-refractivity contribution is 4.82. The highest BCUT2D eigenvalue weighted by Crippen LogP contribution is 2.29. The van der Waals surface area contributed by atoms with E-state index in [1.165, 1.54) is 58.0 Å². The molecular formula is C15H29NO. The lowest BCUT2D eigenvalue weighted by Crippen LogP contribution is -2.43. The van der Waals surface area contributed by atoms with E-state index < -0.39 is 0 Å². The summed E-state index contributed by atoms with van der Waals surface area (Å²) in [5.74, 6) is 0. The van der Waals surface area contributed by atoms with Gasteiger partial charge in [0, 0.05) is 6.04 Å². The van der Waals surface area contributed by atoms with Crippen LogP contribution in [0, 0.1) is 0 Å². The van der Waals surface area contributed by atoms with Gasteiger partial charge in [-0.3, -0.25) is 0 Å². The smallest absolute Gasteiger partial charge is 0.0602 e. The van der Waals surface area contributed by atoms with Crippen molar-refractivity contribution in [1.82, 2.24) is 4.90 Å². The van der Waals surface area contributed by atoms with Gasteiger partial charge in [-0.2, -0.15) is 0 Å². The Hall–Kier alpha value is -0.0800. The maximum atomic E-state index is 6.10. The normalized spacial score (nSPS) is 32.6. The van der Waals surface area contributed by atoms with Crippen LogP contribution >= 0.6 is 0 Å². The molecule has 2 nitrogen and oxygen atoms in total. The lowest BCUT2D eigenvalue weighted by molar-refractivity contribution is -0.0818. The SMILES string of the molecule is CC(C)(C)O[C@H]1CC[C@H](N2CCCCC2)CC1. The minimum Gasteiger partial charge on any atom is -0.373 e. The van der Waals surface area contributed by atoms with Crippen LogP contribution < -0.4 is 0 Å². The Bertz CT molecular complexity index is 220. The van der Waals surface area contributed by atoms with Crippen molar-refractivity contribution in [1.29, 1.82) is 0 Å². The van der Waals surface area contributed by atoms with Crippen LogP contribution in [0.3, 0.4) is 0 Å². The summed E-state index contributed by atoms with van der Waals surface area (Å²) in [6, 6.07) is 0.857. The third-order valence-electron chi connectivity index (χ3n) is 4.07. The zero-order chi connectivity index (χ0) is 12.3. The molecule has 0 N–H and O–H groups in total. The van der Waals surface area contributed by atoms with Gasteiger partial charge in [-0.15, -0.1) is 0 Å². The minimum absolute atomic E-state index is 0.0304. The number of hydrogen-bond acceptors (Lipinski definition) is 2. The van der Waals surface area contributed by atoms with Gasteiger partial charge in [0.1, 0.15) is 0 Å². The summed E-state index contributed by atoms with van der Waals surface area (Å²) in [5, 5.41) is 0. The highest BCUT2D eigenvalue weighted by Gasteiger charge is 2.28. The second-order valence-corrected chi connectivity index (χ2v) is 6.76. The fraction of sp³-hybridized carbons (Fsp3) is 1.00. The number of piperidine rings is 1. The van der Waals surface area contributed by atoms with Crippen molar-refractivity contribution in [3.63, 3.8) is 0 Å². The zero-order valence-corrected chi connectivity index (χ0v) is 11.9. The summed E-state index contributed by atoms with van der Waals surface area (Å²) in [7, 11) is 0. The first kappa shape index (κ1) is 13.4. The quantitative estimate of drug-likeness (QED) is 0.730. The first-order chi connectivity index (χ1) is 8.04. The third kappa shape index (κ3) is 4.26. The second-order valence-electron chi connectivity index (χ2n) is 6.76. The molecule has 0 aromatic rings. The number of likely N-dealkylation sites (tertiary alicyclic amines) is 1.